The van der Waals surface area contributed by atoms with Crippen LogP contribution in [-0.4, -0.2) is 33.7 Å². The number of H-pyrrole nitrogens is 1. The molecule has 1 aromatic carbocycles. The quantitative estimate of drug-likeness (QED) is 0.751. The zero-order chi connectivity index (χ0) is 16.1. The van der Waals surface area contributed by atoms with Gasteiger partial charge in [-0.3, -0.25) is 10.1 Å². The van der Waals surface area contributed by atoms with Crippen LogP contribution in [0.5, 0.6) is 0 Å². The Hall–Kier alpha value is -2.02. The molecule has 0 atom stereocenters. The summed E-state index contributed by atoms with van der Waals surface area (Å²) in [6, 6.07) is 7.49. The number of carbonyl (C=O) groups is 2. The Kier molecular flexibility index (Phi) is 5.17. The molecule has 1 aromatic heterocycles. The van der Waals surface area contributed by atoms with Crippen molar-refractivity contribution in [2.75, 3.05) is 5.75 Å². The van der Waals surface area contributed by atoms with Crippen molar-refractivity contribution in [1.29, 1.82) is 0 Å². The first-order valence-corrected chi connectivity index (χ1v) is 8.87. The van der Waals surface area contributed by atoms with Gasteiger partial charge in [-0.1, -0.05) is 43.2 Å². The number of imide groups is 1. The Labute approximate surface area is 138 Å². The molecule has 0 spiro atoms. The third-order valence-corrected chi connectivity index (χ3v) is 4.77. The largest absolute Gasteiger partial charge is 0.335 e. The van der Waals surface area contributed by atoms with E-state index in [-0.39, 0.29) is 17.7 Å². The Morgan fingerprint density at radius 3 is 2.78 bits per heavy atom. The number of hydrogen-bond acceptors (Lipinski definition) is 4. The minimum Gasteiger partial charge on any atom is -0.335 e. The van der Waals surface area contributed by atoms with E-state index in [1.54, 1.807) is 0 Å². The van der Waals surface area contributed by atoms with E-state index in [1.807, 2.05) is 24.3 Å². The predicted octanol–water partition coefficient (Wildman–Crippen LogP) is 2.81. The molecule has 2 aromatic rings. The number of aromatic nitrogens is 2. The summed E-state index contributed by atoms with van der Waals surface area (Å²) in [4.78, 5) is 31.2. The number of fused-ring (bicyclic) bond motifs is 1. The van der Waals surface area contributed by atoms with Crippen molar-refractivity contribution in [2.24, 2.45) is 0 Å². The van der Waals surface area contributed by atoms with Crippen molar-refractivity contribution in [3.63, 3.8) is 0 Å². The SMILES string of the molecule is O=C(CSc1nc2ccccc2[nH]1)NC(=O)NC1CCCCC1. The average Bonchev–Trinajstić information content (AvgIpc) is 2.96. The molecule has 0 radical (unpaired) electrons. The van der Waals surface area contributed by atoms with E-state index in [9.17, 15) is 9.59 Å². The molecule has 0 unspecified atom stereocenters. The van der Waals surface area contributed by atoms with Crippen LogP contribution < -0.4 is 10.6 Å². The molecule has 3 amide bonds. The van der Waals surface area contributed by atoms with Crippen LogP contribution in [0.1, 0.15) is 32.1 Å². The highest BCUT2D eigenvalue weighted by molar-refractivity contribution is 7.99. The number of nitrogens with zero attached hydrogens (tertiary/aromatic N) is 1. The van der Waals surface area contributed by atoms with Crippen molar-refractivity contribution in [3.8, 4) is 0 Å². The monoisotopic (exact) mass is 332 g/mol. The predicted molar refractivity (Wildman–Crippen MR) is 90.4 cm³/mol. The van der Waals surface area contributed by atoms with E-state index in [0.717, 1.165) is 36.7 Å². The van der Waals surface area contributed by atoms with Crippen molar-refractivity contribution >= 4 is 34.7 Å². The summed E-state index contributed by atoms with van der Waals surface area (Å²) in [5.74, 6) is -0.165. The van der Waals surface area contributed by atoms with Gasteiger partial charge >= 0.3 is 6.03 Å². The smallest absolute Gasteiger partial charge is 0.321 e. The summed E-state index contributed by atoms with van der Waals surface area (Å²) in [5, 5.41) is 5.92. The van der Waals surface area contributed by atoms with Gasteiger partial charge in [0.1, 0.15) is 0 Å². The zero-order valence-electron chi connectivity index (χ0n) is 12.8. The van der Waals surface area contributed by atoms with Gasteiger partial charge in [-0.2, -0.15) is 0 Å². The molecule has 3 N–H and O–H groups in total. The molecule has 122 valence electrons. The highest BCUT2D eigenvalue weighted by atomic mass is 32.2. The molecule has 1 aliphatic rings. The molecule has 0 saturated heterocycles. The second kappa shape index (κ2) is 7.50. The molecule has 0 aliphatic heterocycles. The second-order valence-corrected chi connectivity index (χ2v) is 6.67. The maximum absolute atomic E-state index is 11.8. The maximum atomic E-state index is 11.8. The number of aromatic amines is 1. The van der Waals surface area contributed by atoms with Gasteiger partial charge in [-0.15, -0.1) is 0 Å². The lowest BCUT2D eigenvalue weighted by molar-refractivity contribution is -0.117. The van der Waals surface area contributed by atoms with E-state index < -0.39 is 6.03 Å². The number of hydrogen-bond donors (Lipinski definition) is 3. The van der Waals surface area contributed by atoms with E-state index >= 15 is 0 Å². The number of para-hydroxylation sites is 2. The number of nitrogens with one attached hydrogen (secondary N) is 3. The van der Waals surface area contributed by atoms with Gasteiger partial charge in [0.25, 0.3) is 0 Å². The summed E-state index contributed by atoms with van der Waals surface area (Å²) in [6.45, 7) is 0. The summed E-state index contributed by atoms with van der Waals surface area (Å²) in [7, 11) is 0. The van der Waals surface area contributed by atoms with Gasteiger partial charge in [-0.25, -0.2) is 9.78 Å². The lowest BCUT2D eigenvalue weighted by Gasteiger charge is -2.22. The lowest BCUT2D eigenvalue weighted by atomic mass is 9.96. The lowest BCUT2D eigenvalue weighted by Crippen LogP contribution is -2.45. The van der Waals surface area contributed by atoms with Crippen molar-refractivity contribution in [1.82, 2.24) is 20.6 Å². The van der Waals surface area contributed by atoms with Gasteiger partial charge < -0.3 is 10.3 Å². The van der Waals surface area contributed by atoms with Crippen molar-refractivity contribution in [3.05, 3.63) is 24.3 Å². The summed E-state index contributed by atoms with van der Waals surface area (Å²) < 4.78 is 0. The van der Waals surface area contributed by atoms with Crippen LogP contribution in [0.4, 0.5) is 4.79 Å². The molecule has 0 bridgehead atoms. The molecule has 23 heavy (non-hydrogen) atoms. The van der Waals surface area contributed by atoms with Gasteiger partial charge in [0.2, 0.25) is 5.91 Å². The molecular formula is C16H20N4O2S. The molecule has 1 heterocycles. The third-order valence-electron chi connectivity index (χ3n) is 3.90. The summed E-state index contributed by atoms with van der Waals surface area (Å²) in [6.07, 6.45) is 5.50. The van der Waals surface area contributed by atoms with Crippen molar-refractivity contribution in [2.45, 2.75) is 43.3 Å². The second-order valence-electron chi connectivity index (χ2n) is 5.70. The van der Waals surface area contributed by atoms with Crippen LogP contribution in [0.15, 0.2) is 29.4 Å². The number of imidazole rings is 1. The summed E-state index contributed by atoms with van der Waals surface area (Å²) in [5.41, 5.74) is 1.80. The first kappa shape index (κ1) is 15.9. The highest BCUT2D eigenvalue weighted by Crippen LogP contribution is 2.19. The number of thioether (sulfide) groups is 1. The minimum atomic E-state index is -0.396. The molecule has 3 rings (SSSR count). The Morgan fingerprint density at radius 2 is 2.00 bits per heavy atom. The molecule has 7 heteroatoms. The number of carbonyl (C=O) groups excluding carboxylic acids is 2. The van der Waals surface area contributed by atoms with Gasteiger partial charge in [0, 0.05) is 6.04 Å². The van der Waals surface area contributed by atoms with Gasteiger partial charge in [-0.05, 0) is 25.0 Å². The van der Waals surface area contributed by atoms with E-state index in [0.29, 0.717) is 5.16 Å². The van der Waals surface area contributed by atoms with Crippen LogP contribution in [0.2, 0.25) is 0 Å². The molecule has 1 saturated carbocycles. The molecule has 1 fully saturated rings. The standard InChI is InChI=1S/C16H20N4O2S/c21-14(20-15(22)17-11-6-2-1-3-7-11)10-23-16-18-12-8-4-5-9-13(12)19-16/h4-5,8-9,11H,1-3,6-7,10H2,(H,18,19)(H2,17,20,21,22). The molecular weight excluding hydrogens is 312 g/mol. The third kappa shape index (κ3) is 4.48. The van der Waals surface area contributed by atoms with Crippen LogP contribution in [0.25, 0.3) is 11.0 Å². The Bertz CT molecular complexity index is 661. The Morgan fingerprint density at radius 1 is 1.22 bits per heavy atom. The first-order chi connectivity index (χ1) is 11.2. The van der Waals surface area contributed by atoms with Crippen LogP contribution in [0.3, 0.4) is 0 Å². The Balaban J connectivity index is 1.44. The normalized spacial score (nSPS) is 15.5. The number of benzene rings is 1. The first-order valence-electron chi connectivity index (χ1n) is 7.88. The topological polar surface area (TPSA) is 86.9 Å². The maximum Gasteiger partial charge on any atom is 0.321 e. The number of urea groups is 1. The zero-order valence-corrected chi connectivity index (χ0v) is 13.6. The van der Waals surface area contributed by atoms with E-state index in [4.69, 9.17) is 0 Å². The minimum absolute atomic E-state index is 0.151. The molecule has 6 nitrogen and oxygen atoms in total. The van der Waals surface area contributed by atoms with E-state index in [1.165, 1.54) is 18.2 Å². The number of amides is 3. The average molecular weight is 332 g/mol. The number of rotatable bonds is 4. The summed E-state index contributed by atoms with van der Waals surface area (Å²) >= 11 is 1.28. The fraction of sp³-hybridized carbons (Fsp3) is 0.438. The van der Waals surface area contributed by atoms with Gasteiger partial charge in [0.15, 0.2) is 5.16 Å². The van der Waals surface area contributed by atoms with Gasteiger partial charge in [0.05, 0.1) is 16.8 Å². The fourth-order valence-electron chi connectivity index (χ4n) is 2.76. The van der Waals surface area contributed by atoms with Crippen molar-refractivity contribution < 1.29 is 9.59 Å². The highest BCUT2D eigenvalue weighted by Gasteiger charge is 2.17. The molecule has 1 aliphatic carbocycles. The van der Waals surface area contributed by atoms with Crippen LogP contribution >= 0.6 is 11.8 Å². The van der Waals surface area contributed by atoms with Crippen LogP contribution in [-0.2, 0) is 4.79 Å². The van der Waals surface area contributed by atoms with E-state index in [2.05, 4.69) is 20.6 Å². The van der Waals surface area contributed by atoms with Crippen LogP contribution in [0, 0.1) is 0 Å². The fourth-order valence-corrected chi connectivity index (χ4v) is 3.45.